The third-order valence-electron chi connectivity index (χ3n) is 2.51. The highest BCUT2D eigenvalue weighted by Crippen LogP contribution is 2.18. The van der Waals surface area contributed by atoms with Gasteiger partial charge in [-0.2, -0.15) is 0 Å². The summed E-state index contributed by atoms with van der Waals surface area (Å²) in [7, 11) is 0. The maximum atomic E-state index is 11.5. The van der Waals surface area contributed by atoms with Crippen LogP contribution in [-0.4, -0.2) is 29.7 Å². The van der Waals surface area contributed by atoms with Crippen LogP contribution in [0, 0.1) is 5.92 Å². The first-order valence-electron chi connectivity index (χ1n) is 5.93. The van der Waals surface area contributed by atoms with Gasteiger partial charge >= 0.3 is 18.0 Å². The molecule has 0 aromatic heterocycles. The molecule has 0 bridgehead atoms. The van der Waals surface area contributed by atoms with Gasteiger partial charge in [0.15, 0.2) is 0 Å². The van der Waals surface area contributed by atoms with Gasteiger partial charge in [-0.15, -0.1) is 0 Å². The van der Waals surface area contributed by atoms with Gasteiger partial charge in [0.05, 0.1) is 0 Å². The molecule has 0 aromatic carbocycles. The molecule has 1 aliphatic heterocycles. The zero-order valence-electron chi connectivity index (χ0n) is 11.1. The van der Waals surface area contributed by atoms with Crippen molar-refractivity contribution in [2.45, 2.75) is 52.2 Å². The maximum absolute atomic E-state index is 11.5. The second kappa shape index (κ2) is 5.37. The molecule has 6 heteroatoms. The van der Waals surface area contributed by atoms with Crippen molar-refractivity contribution >= 4 is 18.0 Å². The molecule has 1 N–H and O–H groups in total. The third-order valence-corrected chi connectivity index (χ3v) is 2.51. The SMILES string of the molecule is CC(CCC(=O)OC(C)(C)C)[C@@H]1NC(=O)OC1=O. The predicted octanol–water partition coefficient (Wildman–Crippen LogP) is 1.38. The standard InChI is InChI=1S/C12H19NO5/c1-7(9-10(15)17-11(16)13-9)5-6-8(14)18-12(2,3)4/h7,9H,5-6H2,1-4H3,(H,13,16)/t7?,9-/m0/s1. The van der Waals surface area contributed by atoms with Crippen molar-refractivity contribution < 1.29 is 23.9 Å². The Kier molecular flexibility index (Phi) is 4.32. The van der Waals surface area contributed by atoms with E-state index in [2.05, 4.69) is 10.1 Å². The number of carbonyl (C=O) groups excluding carboxylic acids is 3. The fraction of sp³-hybridized carbons (Fsp3) is 0.750. The molecule has 1 amide bonds. The summed E-state index contributed by atoms with van der Waals surface area (Å²) in [5.41, 5.74) is -0.513. The molecule has 18 heavy (non-hydrogen) atoms. The number of carbonyl (C=O) groups is 3. The largest absolute Gasteiger partial charge is 0.460 e. The Balaban J connectivity index is 2.37. The van der Waals surface area contributed by atoms with Crippen LogP contribution in [0.25, 0.3) is 0 Å². The minimum atomic E-state index is -0.728. The minimum Gasteiger partial charge on any atom is -0.460 e. The lowest BCUT2D eigenvalue weighted by molar-refractivity contribution is -0.155. The normalized spacial score (nSPS) is 21.2. The number of nitrogens with one attached hydrogen (secondary N) is 1. The second-order valence-corrected chi connectivity index (χ2v) is 5.43. The first kappa shape index (κ1) is 14.5. The van der Waals surface area contributed by atoms with Crippen LogP contribution in [0.2, 0.25) is 0 Å². The Labute approximate surface area is 106 Å². The summed E-state index contributed by atoms with van der Waals surface area (Å²) in [4.78, 5) is 33.6. The van der Waals surface area contributed by atoms with E-state index in [0.717, 1.165) is 0 Å². The van der Waals surface area contributed by atoms with E-state index in [1.54, 1.807) is 27.7 Å². The van der Waals surface area contributed by atoms with Gasteiger partial charge in [0.2, 0.25) is 0 Å². The van der Waals surface area contributed by atoms with Crippen LogP contribution in [0.3, 0.4) is 0 Å². The fourth-order valence-electron chi connectivity index (χ4n) is 1.65. The van der Waals surface area contributed by atoms with E-state index in [-0.39, 0.29) is 18.3 Å². The first-order chi connectivity index (χ1) is 8.19. The minimum absolute atomic E-state index is 0.170. The van der Waals surface area contributed by atoms with Crippen LogP contribution >= 0.6 is 0 Å². The first-order valence-corrected chi connectivity index (χ1v) is 5.93. The molecule has 0 aliphatic carbocycles. The Bertz CT molecular complexity index is 358. The molecule has 0 saturated carbocycles. The molecule has 0 radical (unpaired) electrons. The molecular weight excluding hydrogens is 238 g/mol. The van der Waals surface area contributed by atoms with Crippen LogP contribution in [0.5, 0.6) is 0 Å². The Morgan fingerprint density at radius 1 is 1.44 bits per heavy atom. The quantitative estimate of drug-likeness (QED) is 0.607. The molecular formula is C12H19NO5. The van der Waals surface area contributed by atoms with Crippen molar-refractivity contribution in [3.63, 3.8) is 0 Å². The van der Waals surface area contributed by atoms with Crippen LogP contribution in [0.4, 0.5) is 4.79 Å². The number of alkyl carbamates (subject to hydrolysis) is 1. The van der Waals surface area contributed by atoms with Gasteiger partial charge in [-0.3, -0.25) is 4.79 Å². The summed E-state index contributed by atoms with van der Waals surface area (Å²) in [6.45, 7) is 7.16. The number of ether oxygens (including phenoxy) is 2. The van der Waals surface area contributed by atoms with Crippen LogP contribution in [0.1, 0.15) is 40.5 Å². The molecule has 1 fully saturated rings. The van der Waals surface area contributed by atoms with E-state index in [0.29, 0.717) is 6.42 Å². The fourth-order valence-corrected chi connectivity index (χ4v) is 1.65. The molecule has 102 valence electrons. The van der Waals surface area contributed by atoms with E-state index in [1.165, 1.54) is 0 Å². The number of esters is 2. The molecule has 1 rings (SSSR count). The van der Waals surface area contributed by atoms with Gasteiger partial charge in [-0.1, -0.05) is 6.92 Å². The Hall–Kier alpha value is -1.59. The molecule has 6 nitrogen and oxygen atoms in total. The van der Waals surface area contributed by atoms with Crippen LogP contribution in [0.15, 0.2) is 0 Å². The second-order valence-electron chi connectivity index (χ2n) is 5.43. The predicted molar refractivity (Wildman–Crippen MR) is 62.7 cm³/mol. The lowest BCUT2D eigenvalue weighted by Gasteiger charge is -2.20. The molecule has 0 aromatic rings. The summed E-state index contributed by atoms with van der Waals surface area (Å²) in [5.74, 6) is -1.07. The van der Waals surface area contributed by atoms with Gasteiger partial charge in [0.25, 0.3) is 0 Å². The average molecular weight is 257 g/mol. The molecule has 2 atom stereocenters. The van der Waals surface area contributed by atoms with Crippen molar-refractivity contribution in [1.29, 1.82) is 0 Å². The van der Waals surface area contributed by atoms with Crippen molar-refractivity contribution in [3.8, 4) is 0 Å². The zero-order valence-corrected chi connectivity index (χ0v) is 11.1. The molecule has 0 spiro atoms. The van der Waals surface area contributed by atoms with Gasteiger partial charge < -0.3 is 14.8 Å². The van der Waals surface area contributed by atoms with Crippen molar-refractivity contribution in [1.82, 2.24) is 5.32 Å². The van der Waals surface area contributed by atoms with Crippen molar-refractivity contribution in [2.24, 2.45) is 5.92 Å². The molecule has 1 unspecified atom stereocenters. The van der Waals surface area contributed by atoms with E-state index in [4.69, 9.17) is 4.74 Å². The lowest BCUT2D eigenvalue weighted by Crippen LogP contribution is -2.35. The molecule has 1 heterocycles. The van der Waals surface area contributed by atoms with E-state index in [9.17, 15) is 14.4 Å². The zero-order chi connectivity index (χ0) is 13.9. The summed E-state index contributed by atoms with van der Waals surface area (Å²) in [6.07, 6.45) is -0.0679. The summed E-state index contributed by atoms with van der Waals surface area (Å²) in [5, 5.41) is 2.41. The molecule has 1 saturated heterocycles. The smallest absolute Gasteiger partial charge is 0.415 e. The number of hydrogen-bond acceptors (Lipinski definition) is 5. The Morgan fingerprint density at radius 3 is 2.50 bits per heavy atom. The van der Waals surface area contributed by atoms with E-state index >= 15 is 0 Å². The number of hydrogen-bond donors (Lipinski definition) is 1. The van der Waals surface area contributed by atoms with Crippen molar-refractivity contribution in [2.75, 3.05) is 0 Å². The van der Waals surface area contributed by atoms with E-state index < -0.39 is 23.7 Å². The monoisotopic (exact) mass is 257 g/mol. The van der Waals surface area contributed by atoms with Crippen LogP contribution < -0.4 is 5.32 Å². The Morgan fingerprint density at radius 2 is 2.06 bits per heavy atom. The van der Waals surface area contributed by atoms with Gasteiger partial charge in [-0.25, -0.2) is 9.59 Å². The number of amides is 1. The topological polar surface area (TPSA) is 81.7 Å². The molecule has 1 aliphatic rings. The highest BCUT2D eigenvalue weighted by Gasteiger charge is 2.36. The van der Waals surface area contributed by atoms with Gasteiger partial charge in [0.1, 0.15) is 11.6 Å². The lowest BCUT2D eigenvalue weighted by atomic mass is 9.97. The van der Waals surface area contributed by atoms with Crippen molar-refractivity contribution in [3.05, 3.63) is 0 Å². The van der Waals surface area contributed by atoms with Crippen LogP contribution in [-0.2, 0) is 19.1 Å². The summed E-state index contributed by atoms with van der Waals surface area (Å²) >= 11 is 0. The van der Waals surface area contributed by atoms with E-state index in [1.807, 2.05) is 0 Å². The summed E-state index contributed by atoms with van der Waals surface area (Å²) in [6, 6.07) is -0.667. The maximum Gasteiger partial charge on any atom is 0.415 e. The third kappa shape index (κ3) is 4.35. The van der Waals surface area contributed by atoms with Gasteiger partial charge in [-0.05, 0) is 33.1 Å². The average Bonchev–Trinajstić information content (AvgIpc) is 2.52. The summed E-state index contributed by atoms with van der Waals surface area (Å²) < 4.78 is 9.53. The number of cyclic esters (lactones) is 2. The van der Waals surface area contributed by atoms with Gasteiger partial charge in [0, 0.05) is 6.42 Å². The highest BCUT2D eigenvalue weighted by molar-refractivity contribution is 5.95. The number of rotatable bonds is 4. The highest BCUT2D eigenvalue weighted by atomic mass is 16.6.